The third-order valence-corrected chi connectivity index (χ3v) is 3.83. The number of carbonyl (C=O) groups excluding carboxylic acids is 1. The molecule has 1 aromatic rings. The van der Waals surface area contributed by atoms with Crippen LogP contribution in [0.5, 0.6) is 0 Å². The fraction of sp³-hybridized carbons (Fsp3) is 0.647. The summed E-state index contributed by atoms with van der Waals surface area (Å²) in [5.41, 5.74) is 0.946. The summed E-state index contributed by atoms with van der Waals surface area (Å²) < 4.78 is 0. The molecule has 2 N–H and O–H groups in total. The highest BCUT2D eigenvalue weighted by atomic mass is 16.3. The predicted octanol–water partition coefficient (Wildman–Crippen LogP) is 2.97. The molecule has 1 rings (SSSR count). The summed E-state index contributed by atoms with van der Waals surface area (Å²) in [6.45, 7) is 8.45. The summed E-state index contributed by atoms with van der Waals surface area (Å²) in [6.07, 6.45) is 4.61. The van der Waals surface area contributed by atoms with Crippen LogP contribution in [-0.4, -0.2) is 40.7 Å². The van der Waals surface area contributed by atoms with Gasteiger partial charge in [-0.1, -0.05) is 20.8 Å². The van der Waals surface area contributed by atoms with Gasteiger partial charge >= 0.3 is 6.03 Å². The zero-order valence-corrected chi connectivity index (χ0v) is 14.3. The lowest BCUT2D eigenvalue weighted by Gasteiger charge is -2.31. The van der Waals surface area contributed by atoms with Crippen molar-refractivity contribution in [3.63, 3.8) is 0 Å². The van der Waals surface area contributed by atoms with Gasteiger partial charge in [-0.3, -0.25) is 4.98 Å². The number of hydrogen-bond donors (Lipinski definition) is 2. The standard InChI is InChI=1S/C17H29N3O2/c1-6-15(14-7-9-18-10-8-14)20(5)16(22)19-12-17(3,4)11-13(2)21/h7-10,13,15,21H,6,11-12H2,1-5H3,(H,19,22). The maximum Gasteiger partial charge on any atom is 0.317 e. The number of nitrogens with zero attached hydrogens (tertiary/aromatic N) is 2. The van der Waals surface area contributed by atoms with Crippen molar-refractivity contribution in [2.75, 3.05) is 13.6 Å². The van der Waals surface area contributed by atoms with Crippen molar-refractivity contribution in [1.82, 2.24) is 15.2 Å². The van der Waals surface area contributed by atoms with Crippen molar-refractivity contribution in [2.24, 2.45) is 5.41 Å². The molecular weight excluding hydrogens is 278 g/mol. The quantitative estimate of drug-likeness (QED) is 0.814. The third kappa shape index (κ3) is 5.64. The number of nitrogens with one attached hydrogen (secondary N) is 1. The SMILES string of the molecule is CCC(c1ccncc1)N(C)C(=O)NCC(C)(C)CC(C)O. The van der Waals surface area contributed by atoms with Crippen LogP contribution < -0.4 is 5.32 Å². The Labute approximate surface area is 133 Å². The van der Waals surface area contributed by atoms with Crippen molar-refractivity contribution < 1.29 is 9.90 Å². The van der Waals surface area contributed by atoms with Crippen molar-refractivity contribution in [3.8, 4) is 0 Å². The van der Waals surface area contributed by atoms with Gasteiger partial charge in [0, 0.05) is 26.0 Å². The van der Waals surface area contributed by atoms with Gasteiger partial charge in [0.25, 0.3) is 0 Å². The Bertz CT molecular complexity index is 460. The predicted molar refractivity (Wildman–Crippen MR) is 88.5 cm³/mol. The summed E-state index contributed by atoms with van der Waals surface area (Å²) >= 11 is 0. The zero-order valence-electron chi connectivity index (χ0n) is 14.3. The summed E-state index contributed by atoms with van der Waals surface area (Å²) in [4.78, 5) is 18.1. The molecule has 124 valence electrons. The van der Waals surface area contributed by atoms with E-state index < -0.39 is 0 Å². The van der Waals surface area contributed by atoms with Crippen molar-refractivity contribution >= 4 is 6.03 Å². The first-order valence-electron chi connectivity index (χ1n) is 7.85. The first-order chi connectivity index (χ1) is 10.3. The number of pyridine rings is 1. The van der Waals surface area contributed by atoms with Crippen LogP contribution in [0.15, 0.2) is 24.5 Å². The molecule has 2 atom stereocenters. The number of carbonyl (C=O) groups is 1. The number of amides is 2. The van der Waals surface area contributed by atoms with E-state index in [1.807, 2.05) is 33.0 Å². The molecule has 0 radical (unpaired) electrons. The molecule has 2 amide bonds. The fourth-order valence-electron chi connectivity index (χ4n) is 2.77. The number of aliphatic hydroxyl groups is 1. The monoisotopic (exact) mass is 307 g/mol. The van der Waals surface area contributed by atoms with Gasteiger partial charge in [0.05, 0.1) is 12.1 Å². The second-order valence-corrected chi connectivity index (χ2v) is 6.69. The Morgan fingerprint density at radius 2 is 2.00 bits per heavy atom. The Morgan fingerprint density at radius 1 is 1.41 bits per heavy atom. The highest BCUT2D eigenvalue weighted by Crippen LogP contribution is 2.24. The molecule has 0 saturated carbocycles. The molecule has 0 fully saturated rings. The van der Waals surface area contributed by atoms with Gasteiger partial charge in [0.1, 0.15) is 0 Å². The van der Waals surface area contributed by atoms with Crippen LogP contribution in [0.4, 0.5) is 4.79 Å². The maximum atomic E-state index is 12.4. The van der Waals surface area contributed by atoms with Crippen molar-refractivity contribution in [2.45, 2.75) is 52.7 Å². The molecule has 5 nitrogen and oxygen atoms in total. The lowest BCUT2D eigenvalue weighted by Crippen LogP contribution is -2.43. The minimum atomic E-state index is -0.371. The van der Waals surface area contributed by atoms with E-state index in [2.05, 4.69) is 17.2 Å². The maximum absolute atomic E-state index is 12.4. The number of urea groups is 1. The number of rotatable bonds is 7. The average Bonchev–Trinajstić information content (AvgIpc) is 2.45. The van der Waals surface area contributed by atoms with Crippen molar-refractivity contribution in [1.29, 1.82) is 0 Å². The number of aromatic nitrogens is 1. The number of hydrogen-bond acceptors (Lipinski definition) is 3. The second kappa shape index (κ2) is 8.13. The van der Waals surface area contributed by atoms with E-state index in [4.69, 9.17) is 0 Å². The van der Waals surface area contributed by atoms with Gasteiger partial charge in [-0.05, 0) is 42.9 Å². The molecule has 0 aliphatic rings. The average molecular weight is 307 g/mol. The Morgan fingerprint density at radius 3 is 2.50 bits per heavy atom. The van der Waals surface area contributed by atoms with E-state index in [0.29, 0.717) is 13.0 Å². The number of aliphatic hydroxyl groups excluding tert-OH is 1. The first-order valence-corrected chi connectivity index (χ1v) is 7.85. The molecule has 2 unspecified atom stereocenters. The van der Waals surface area contributed by atoms with Crippen LogP contribution in [0.1, 0.15) is 52.1 Å². The van der Waals surface area contributed by atoms with E-state index in [1.165, 1.54) is 0 Å². The zero-order chi connectivity index (χ0) is 16.8. The van der Waals surface area contributed by atoms with Gasteiger partial charge < -0.3 is 15.3 Å². The Balaban J connectivity index is 2.64. The van der Waals surface area contributed by atoms with Crippen LogP contribution in [-0.2, 0) is 0 Å². The van der Waals surface area contributed by atoms with Crippen LogP contribution in [0.3, 0.4) is 0 Å². The van der Waals surface area contributed by atoms with Crippen molar-refractivity contribution in [3.05, 3.63) is 30.1 Å². The van der Waals surface area contributed by atoms with Gasteiger partial charge in [0.15, 0.2) is 0 Å². The minimum absolute atomic E-state index is 0.0304. The highest BCUT2D eigenvalue weighted by molar-refractivity contribution is 5.74. The summed E-state index contributed by atoms with van der Waals surface area (Å²) in [6, 6.07) is 3.81. The molecule has 0 aliphatic carbocycles. The molecule has 0 bridgehead atoms. The Hall–Kier alpha value is -1.62. The van der Waals surface area contributed by atoms with Crippen LogP contribution in [0.25, 0.3) is 0 Å². The lowest BCUT2D eigenvalue weighted by atomic mass is 9.87. The third-order valence-electron chi connectivity index (χ3n) is 3.83. The summed E-state index contributed by atoms with van der Waals surface area (Å²) in [7, 11) is 1.81. The van der Waals surface area contributed by atoms with Gasteiger partial charge in [-0.15, -0.1) is 0 Å². The fourth-order valence-corrected chi connectivity index (χ4v) is 2.77. The van der Waals surface area contributed by atoms with E-state index in [9.17, 15) is 9.90 Å². The lowest BCUT2D eigenvalue weighted by molar-refractivity contribution is 0.126. The topological polar surface area (TPSA) is 65.5 Å². The Kier molecular flexibility index (Phi) is 6.81. The van der Waals surface area contributed by atoms with E-state index in [-0.39, 0.29) is 23.6 Å². The first kappa shape index (κ1) is 18.4. The van der Waals surface area contributed by atoms with E-state index >= 15 is 0 Å². The summed E-state index contributed by atoms with van der Waals surface area (Å²) in [5.74, 6) is 0. The van der Waals surface area contributed by atoms with Gasteiger partial charge in [-0.2, -0.15) is 0 Å². The van der Waals surface area contributed by atoms with Crippen LogP contribution in [0.2, 0.25) is 0 Å². The van der Waals surface area contributed by atoms with E-state index in [0.717, 1.165) is 12.0 Å². The molecule has 1 heterocycles. The normalized spacial score (nSPS) is 14.3. The molecule has 0 spiro atoms. The van der Waals surface area contributed by atoms with Crippen LogP contribution >= 0.6 is 0 Å². The molecular formula is C17H29N3O2. The van der Waals surface area contributed by atoms with Gasteiger partial charge in [0.2, 0.25) is 0 Å². The van der Waals surface area contributed by atoms with E-state index in [1.54, 1.807) is 24.2 Å². The molecule has 0 saturated heterocycles. The molecule has 1 aromatic heterocycles. The summed E-state index contributed by atoms with van der Waals surface area (Å²) in [5, 5.41) is 12.5. The highest BCUT2D eigenvalue weighted by Gasteiger charge is 2.24. The minimum Gasteiger partial charge on any atom is -0.393 e. The second-order valence-electron chi connectivity index (χ2n) is 6.69. The largest absolute Gasteiger partial charge is 0.393 e. The molecule has 0 aliphatic heterocycles. The van der Waals surface area contributed by atoms with Crippen LogP contribution in [0, 0.1) is 5.41 Å². The molecule has 5 heteroatoms. The molecule has 0 aromatic carbocycles. The molecule has 22 heavy (non-hydrogen) atoms. The smallest absolute Gasteiger partial charge is 0.317 e. The van der Waals surface area contributed by atoms with Gasteiger partial charge in [-0.25, -0.2) is 4.79 Å².